The van der Waals surface area contributed by atoms with Crippen LogP contribution in [0, 0.1) is 5.92 Å². The summed E-state index contributed by atoms with van der Waals surface area (Å²) >= 11 is 6.36. The summed E-state index contributed by atoms with van der Waals surface area (Å²) in [6.07, 6.45) is 7.87. The highest BCUT2D eigenvalue weighted by Crippen LogP contribution is 2.36. The van der Waals surface area contributed by atoms with Crippen molar-refractivity contribution in [3.05, 3.63) is 22.7 Å². The number of amides is 1. The average Bonchev–Trinajstić information content (AvgIpc) is 2.74. The number of nitrogens with one attached hydrogen (secondary N) is 1. The minimum atomic E-state index is 0.275. The van der Waals surface area contributed by atoms with Gasteiger partial charge >= 0.3 is 0 Å². The molecule has 1 aromatic rings. The summed E-state index contributed by atoms with van der Waals surface area (Å²) < 4.78 is 11.0. The van der Waals surface area contributed by atoms with Crippen LogP contribution in [-0.4, -0.2) is 43.7 Å². The van der Waals surface area contributed by atoms with E-state index in [0.717, 1.165) is 50.9 Å². The summed E-state index contributed by atoms with van der Waals surface area (Å²) in [5.41, 5.74) is 1.08. The molecule has 1 heterocycles. The van der Waals surface area contributed by atoms with Gasteiger partial charge in [-0.15, -0.1) is 0 Å². The van der Waals surface area contributed by atoms with Gasteiger partial charge < -0.3 is 19.7 Å². The van der Waals surface area contributed by atoms with E-state index in [1.165, 1.54) is 19.3 Å². The number of rotatable bonds is 7. The Labute approximate surface area is 173 Å². The fraction of sp³-hybridized carbons (Fsp3) is 0.682. The van der Waals surface area contributed by atoms with Crippen molar-refractivity contribution in [1.82, 2.24) is 10.2 Å². The normalized spacial score (nSPS) is 18.9. The molecule has 1 aliphatic heterocycles. The zero-order valence-electron chi connectivity index (χ0n) is 17.1. The summed E-state index contributed by atoms with van der Waals surface area (Å²) in [5.74, 6) is 1.93. The number of hydrogen-bond donors (Lipinski definition) is 1. The molecule has 1 amide bonds. The van der Waals surface area contributed by atoms with E-state index in [2.05, 4.69) is 10.2 Å². The lowest BCUT2D eigenvalue weighted by molar-refractivity contribution is -0.137. The van der Waals surface area contributed by atoms with Gasteiger partial charge in [0.05, 0.1) is 18.7 Å². The first-order valence-electron chi connectivity index (χ1n) is 10.6. The number of benzene rings is 1. The van der Waals surface area contributed by atoms with Gasteiger partial charge in [-0.1, -0.05) is 30.9 Å². The summed E-state index contributed by atoms with van der Waals surface area (Å²) in [7, 11) is 1.63. The van der Waals surface area contributed by atoms with Gasteiger partial charge in [0, 0.05) is 31.6 Å². The first kappa shape index (κ1) is 21.3. The molecule has 0 aromatic heterocycles. The third kappa shape index (κ3) is 5.32. The predicted molar refractivity (Wildman–Crippen MR) is 112 cm³/mol. The predicted octanol–water partition coefficient (Wildman–Crippen LogP) is 4.41. The van der Waals surface area contributed by atoms with Crippen molar-refractivity contribution in [3.8, 4) is 11.5 Å². The second-order valence-corrected chi connectivity index (χ2v) is 8.26. The Hall–Kier alpha value is -1.46. The average molecular weight is 409 g/mol. The van der Waals surface area contributed by atoms with Crippen molar-refractivity contribution < 1.29 is 14.3 Å². The summed E-state index contributed by atoms with van der Waals surface area (Å²) in [6.45, 7) is 4.92. The molecule has 5 nitrogen and oxygen atoms in total. The highest BCUT2D eigenvalue weighted by molar-refractivity contribution is 6.32. The molecule has 156 valence electrons. The maximum atomic E-state index is 12.7. The Morgan fingerprint density at radius 1 is 1.18 bits per heavy atom. The first-order chi connectivity index (χ1) is 13.6. The zero-order chi connectivity index (χ0) is 19.9. The molecular formula is C22H33ClN2O3. The third-order valence-corrected chi connectivity index (χ3v) is 6.21. The SMILES string of the molecule is CCOc1c(Cl)cc(CNC2CCN(C(=O)C3CCCCC3)CC2)cc1OC. The van der Waals surface area contributed by atoms with E-state index in [1.807, 2.05) is 19.1 Å². The van der Waals surface area contributed by atoms with Gasteiger partial charge in [0.2, 0.25) is 5.91 Å². The van der Waals surface area contributed by atoms with Crippen molar-refractivity contribution in [2.24, 2.45) is 5.92 Å². The molecule has 1 aromatic carbocycles. The maximum absolute atomic E-state index is 12.7. The van der Waals surface area contributed by atoms with E-state index in [-0.39, 0.29) is 5.92 Å². The van der Waals surface area contributed by atoms with Gasteiger partial charge in [0.1, 0.15) is 0 Å². The van der Waals surface area contributed by atoms with Crippen molar-refractivity contribution in [2.75, 3.05) is 26.8 Å². The molecule has 0 radical (unpaired) electrons. The van der Waals surface area contributed by atoms with Crippen LogP contribution in [-0.2, 0) is 11.3 Å². The van der Waals surface area contributed by atoms with E-state index in [9.17, 15) is 4.79 Å². The van der Waals surface area contributed by atoms with Gasteiger partial charge in [-0.2, -0.15) is 0 Å². The van der Waals surface area contributed by atoms with Crippen LogP contribution >= 0.6 is 11.6 Å². The van der Waals surface area contributed by atoms with Crippen LogP contribution in [0.25, 0.3) is 0 Å². The second kappa shape index (κ2) is 10.4. The molecule has 1 saturated heterocycles. The molecule has 1 aliphatic carbocycles. The molecule has 6 heteroatoms. The number of hydrogen-bond acceptors (Lipinski definition) is 4. The summed E-state index contributed by atoms with van der Waals surface area (Å²) in [5, 5.41) is 4.19. The van der Waals surface area contributed by atoms with Crippen LogP contribution in [0.2, 0.25) is 5.02 Å². The molecule has 2 aliphatic rings. The second-order valence-electron chi connectivity index (χ2n) is 7.86. The summed E-state index contributed by atoms with van der Waals surface area (Å²) in [4.78, 5) is 14.8. The van der Waals surface area contributed by atoms with Crippen molar-refractivity contribution in [3.63, 3.8) is 0 Å². The van der Waals surface area contributed by atoms with Gasteiger partial charge in [0.15, 0.2) is 11.5 Å². The lowest BCUT2D eigenvalue weighted by Crippen LogP contribution is -2.46. The van der Waals surface area contributed by atoms with Gasteiger partial charge in [0.25, 0.3) is 0 Å². The Kier molecular flexibility index (Phi) is 7.86. The van der Waals surface area contributed by atoms with Crippen LogP contribution in [0.5, 0.6) is 11.5 Å². The number of piperidine rings is 1. The van der Waals surface area contributed by atoms with Crippen molar-refractivity contribution in [1.29, 1.82) is 0 Å². The number of methoxy groups -OCH3 is 1. The van der Waals surface area contributed by atoms with Gasteiger partial charge in [-0.25, -0.2) is 0 Å². The van der Waals surface area contributed by atoms with E-state index >= 15 is 0 Å². The minimum absolute atomic E-state index is 0.275. The zero-order valence-corrected chi connectivity index (χ0v) is 17.9. The van der Waals surface area contributed by atoms with Crippen LogP contribution < -0.4 is 14.8 Å². The number of likely N-dealkylation sites (tertiary alicyclic amines) is 1. The van der Waals surface area contributed by atoms with E-state index < -0.39 is 0 Å². The minimum Gasteiger partial charge on any atom is -0.493 e. The Morgan fingerprint density at radius 3 is 2.54 bits per heavy atom. The smallest absolute Gasteiger partial charge is 0.225 e. The molecular weight excluding hydrogens is 376 g/mol. The fourth-order valence-electron chi connectivity index (χ4n) is 4.33. The Morgan fingerprint density at radius 2 is 1.89 bits per heavy atom. The molecule has 3 rings (SSSR count). The summed E-state index contributed by atoms with van der Waals surface area (Å²) in [6, 6.07) is 4.34. The number of nitrogens with zero attached hydrogens (tertiary/aromatic N) is 1. The van der Waals surface area contributed by atoms with Crippen LogP contribution in [0.3, 0.4) is 0 Å². The molecule has 0 bridgehead atoms. The molecule has 1 N–H and O–H groups in total. The molecule has 0 unspecified atom stereocenters. The molecule has 0 atom stereocenters. The maximum Gasteiger partial charge on any atom is 0.225 e. The quantitative estimate of drug-likeness (QED) is 0.726. The van der Waals surface area contributed by atoms with E-state index in [1.54, 1.807) is 7.11 Å². The topological polar surface area (TPSA) is 50.8 Å². The van der Waals surface area contributed by atoms with E-state index in [4.69, 9.17) is 21.1 Å². The number of carbonyl (C=O) groups is 1. The third-order valence-electron chi connectivity index (χ3n) is 5.93. The molecule has 2 fully saturated rings. The van der Waals surface area contributed by atoms with Gasteiger partial charge in [-0.3, -0.25) is 4.79 Å². The number of ether oxygens (including phenoxy) is 2. The van der Waals surface area contributed by atoms with Crippen LogP contribution in [0.15, 0.2) is 12.1 Å². The lowest BCUT2D eigenvalue weighted by atomic mass is 9.87. The number of halogens is 1. The highest BCUT2D eigenvalue weighted by Gasteiger charge is 2.29. The Balaban J connectivity index is 1.49. The largest absolute Gasteiger partial charge is 0.493 e. The first-order valence-corrected chi connectivity index (χ1v) is 11.0. The molecule has 0 spiro atoms. The van der Waals surface area contributed by atoms with Crippen molar-refractivity contribution in [2.45, 2.75) is 64.5 Å². The highest BCUT2D eigenvalue weighted by atomic mass is 35.5. The molecule has 28 heavy (non-hydrogen) atoms. The van der Waals surface area contributed by atoms with Crippen LogP contribution in [0.1, 0.15) is 57.4 Å². The standard InChI is InChI=1S/C22H33ClN2O3/c1-3-28-21-19(23)13-16(14-20(21)27-2)15-24-18-9-11-25(12-10-18)22(26)17-7-5-4-6-8-17/h13-14,17-18,24H,3-12,15H2,1-2H3. The van der Waals surface area contributed by atoms with Crippen LogP contribution in [0.4, 0.5) is 0 Å². The molecule has 1 saturated carbocycles. The fourth-order valence-corrected chi connectivity index (χ4v) is 4.62. The van der Waals surface area contributed by atoms with E-state index in [0.29, 0.717) is 35.1 Å². The van der Waals surface area contributed by atoms with Gasteiger partial charge in [-0.05, 0) is 50.3 Å². The Bertz CT molecular complexity index is 653. The lowest BCUT2D eigenvalue weighted by Gasteiger charge is -2.35. The number of carbonyl (C=O) groups excluding carboxylic acids is 1. The monoisotopic (exact) mass is 408 g/mol. The van der Waals surface area contributed by atoms with Crippen molar-refractivity contribution >= 4 is 17.5 Å².